The lowest BCUT2D eigenvalue weighted by molar-refractivity contribution is 0.262. The van der Waals surface area contributed by atoms with E-state index in [0.717, 1.165) is 12.8 Å². The van der Waals surface area contributed by atoms with Crippen LogP contribution in [0.2, 0.25) is 0 Å². The van der Waals surface area contributed by atoms with Gasteiger partial charge in [0.2, 0.25) is 0 Å². The molecule has 0 bridgehead atoms. The molecule has 1 heterocycles. The minimum absolute atomic E-state index is 0.265. The Morgan fingerprint density at radius 1 is 1.50 bits per heavy atom. The Bertz CT molecular complexity index is 72.9. The summed E-state index contributed by atoms with van der Waals surface area (Å²) in [5, 5.41) is 8.41. The maximum absolute atomic E-state index is 8.41. The second kappa shape index (κ2) is 2.46. The molecule has 0 aliphatic carbocycles. The molecule has 1 saturated heterocycles. The molecule has 2 atom stereocenters. The van der Waals surface area contributed by atoms with Crippen LogP contribution in [0, 0.1) is 0 Å². The monoisotopic (exact) mass is 116 g/mol. The Hall–Kier alpha value is -0.0800. The highest BCUT2D eigenvalue weighted by atomic mass is 16.6. The maximum atomic E-state index is 8.41. The van der Waals surface area contributed by atoms with Crippen molar-refractivity contribution >= 4 is 0 Å². The molecule has 0 saturated carbocycles. The molecule has 0 radical (unpaired) electrons. The standard InChI is InChI=1S/C6H12O2/c1-2-5-6(8-5)3-4-7/h5-7H,2-4H2,1H3/t5-,6+/m1/s1. The van der Waals surface area contributed by atoms with Gasteiger partial charge in [0.05, 0.1) is 12.2 Å². The highest BCUT2D eigenvalue weighted by molar-refractivity contribution is 4.82. The van der Waals surface area contributed by atoms with Crippen molar-refractivity contribution < 1.29 is 9.84 Å². The maximum Gasteiger partial charge on any atom is 0.0863 e. The number of hydrogen-bond donors (Lipinski definition) is 1. The van der Waals surface area contributed by atoms with Crippen LogP contribution >= 0.6 is 0 Å². The van der Waals surface area contributed by atoms with E-state index in [2.05, 4.69) is 6.92 Å². The first-order valence-electron chi connectivity index (χ1n) is 3.14. The molecule has 2 nitrogen and oxygen atoms in total. The quantitative estimate of drug-likeness (QED) is 0.546. The van der Waals surface area contributed by atoms with Crippen LogP contribution in [-0.2, 0) is 4.74 Å². The molecule has 1 rings (SSSR count). The SMILES string of the molecule is CC[C@H]1O[C@H]1CCO. The number of epoxide rings is 1. The molecule has 1 fully saturated rings. The van der Waals surface area contributed by atoms with E-state index in [9.17, 15) is 0 Å². The molecule has 8 heavy (non-hydrogen) atoms. The van der Waals surface area contributed by atoms with E-state index in [1.54, 1.807) is 0 Å². The van der Waals surface area contributed by atoms with Crippen LogP contribution in [0.5, 0.6) is 0 Å². The molecule has 1 aliphatic rings. The highest BCUT2D eigenvalue weighted by Crippen LogP contribution is 2.27. The molecule has 48 valence electrons. The lowest BCUT2D eigenvalue weighted by Gasteiger charge is -1.84. The topological polar surface area (TPSA) is 32.8 Å². The molecule has 0 spiro atoms. The Morgan fingerprint density at radius 2 is 2.25 bits per heavy atom. The van der Waals surface area contributed by atoms with E-state index >= 15 is 0 Å². The summed E-state index contributed by atoms with van der Waals surface area (Å²) in [7, 11) is 0. The van der Waals surface area contributed by atoms with E-state index in [1.165, 1.54) is 0 Å². The van der Waals surface area contributed by atoms with E-state index in [-0.39, 0.29) is 6.61 Å². The van der Waals surface area contributed by atoms with Gasteiger partial charge in [0.25, 0.3) is 0 Å². The van der Waals surface area contributed by atoms with Gasteiger partial charge in [-0.25, -0.2) is 0 Å². The molecule has 0 aromatic carbocycles. The summed E-state index contributed by atoms with van der Waals surface area (Å²) in [5.74, 6) is 0. The molecular weight excluding hydrogens is 104 g/mol. The van der Waals surface area contributed by atoms with Crippen molar-refractivity contribution in [3.8, 4) is 0 Å². The molecule has 0 aromatic rings. The third-order valence-corrected chi connectivity index (χ3v) is 1.50. The zero-order valence-corrected chi connectivity index (χ0v) is 5.13. The number of ether oxygens (including phenoxy) is 1. The Balaban J connectivity index is 1.99. The number of rotatable bonds is 3. The van der Waals surface area contributed by atoms with E-state index in [0.29, 0.717) is 12.2 Å². The summed E-state index contributed by atoms with van der Waals surface area (Å²) < 4.78 is 5.15. The van der Waals surface area contributed by atoms with Crippen molar-refractivity contribution in [1.82, 2.24) is 0 Å². The lowest BCUT2D eigenvalue weighted by Crippen LogP contribution is -1.94. The average Bonchev–Trinajstić information content (AvgIpc) is 2.48. The average molecular weight is 116 g/mol. The van der Waals surface area contributed by atoms with Crippen LogP contribution in [0.3, 0.4) is 0 Å². The normalized spacial score (nSPS) is 35.2. The van der Waals surface area contributed by atoms with Crippen LogP contribution in [0.25, 0.3) is 0 Å². The highest BCUT2D eigenvalue weighted by Gasteiger charge is 2.35. The predicted octanol–water partition coefficient (Wildman–Crippen LogP) is 0.546. The molecule has 0 aromatic heterocycles. The van der Waals surface area contributed by atoms with Crippen LogP contribution < -0.4 is 0 Å². The molecule has 1 N–H and O–H groups in total. The van der Waals surface area contributed by atoms with Crippen LogP contribution in [0.1, 0.15) is 19.8 Å². The van der Waals surface area contributed by atoms with Crippen molar-refractivity contribution in [3.63, 3.8) is 0 Å². The largest absolute Gasteiger partial charge is 0.396 e. The van der Waals surface area contributed by atoms with Crippen molar-refractivity contribution in [2.75, 3.05) is 6.61 Å². The summed E-state index contributed by atoms with van der Waals surface area (Å²) in [5.41, 5.74) is 0. The van der Waals surface area contributed by atoms with Gasteiger partial charge >= 0.3 is 0 Å². The zero-order chi connectivity index (χ0) is 5.98. The minimum Gasteiger partial charge on any atom is -0.396 e. The molecule has 1 aliphatic heterocycles. The predicted molar refractivity (Wildman–Crippen MR) is 30.7 cm³/mol. The van der Waals surface area contributed by atoms with Gasteiger partial charge < -0.3 is 9.84 Å². The van der Waals surface area contributed by atoms with Crippen molar-refractivity contribution in [1.29, 1.82) is 0 Å². The molecular formula is C6H12O2. The van der Waals surface area contributed by atoms with Gasteiger partial charge in [0, 0.05) is 6.61 Å². The first-order valence-corrected chi connectivity index (χ1v) is 3.14. The fraction of sp³-hybridized carbons (Fsp3) is 1.00. The smallest absolute Gasteiger partial charge is 0.0863 e. The van der Waals surface area contributed by atoms with Gasteiger partial charge in [-0.1, -0.05) is 6.92 Å². The first kappa shape index (κ1) is 6.05. The summed E-state index contributed by atoms with van der Waals surface area (Å²) in [6, 6.07) is 0. The summed E-state index contributed by atoms with van der Waals surface area (Å²) in [6.45, 7) is 2.36. The number of aliphatic hydroxyl groups is 1. The minimum atomic E-state index is 0.265. The van der Waals surface area contributed by atoms with E-state index in [4.69, 9.17) is 9.84 Å². The summed E-state index contributed by atoms with van der Waals surface area (Å²) in [6.07, 6.45) is 2.75. The van der Waals surface area contributed by atoms with Crippen molar-refractivity contribution in [3.05, 3.63) is 0 Å². The van der Waals surface area contributed by atoms with Crippen molar-refractivity contribution in [2.24, 2.45) is 0 Å². The third kappa shape index (κ3) is 1.20. The summed E-state index contributed by atoms with van der Waals surface area (Å²) in [4.78, 5) is 0. The Labute approximate surface area is 49.5 Å². The van der Waals surface area contributed by atoms with Gasteiger partial charge in [-0.15, -0.1) is 0 Å². The fourth-order valence-corrected chi connectivity index (χ4v) is 0.919. The number of aliphatic hydroxyl groups excluding tert-OH is 1. The Kier molecular flexibility index (Phi) is 1.86. The molecule has 0 unspecified atom stereocenters. The summed E-state index contributed by atoms with van der Waals surface area (Å²) >= 11 is 0. The first-order chi connectivity index (χ1) is 3.88. The van der Waals surface area contributed by atoms with Gasteiger partial charge in [-0.3, -0.25) is 0 Å². The third-order valence-electron chi connectivity index (χ3n) is 1.50. The number of hydrogen-bond acceptors (Lipinski definition) is 2. The van der Waals surface area contributed by atoms with Crippen LogP contribution in [0.15, 0.2) is 0 Å². The zero-order valence-electron chi connectivity index (χ0n) is 5.13. The lowest BCUT2D eigenvalue weighted by atomic mass is 10.2. The molecule has 0 amide bonds. The Morgan fingerprint density at radius 3 is 2.62 bits per heavy atom. The fourth-order valence-electron chi connectivity index (χ4n) is 0.919. The molecule has 2 heteroatoms. The van der Waals surface area contributed by atoms with Crippen LogP contribution in [-0.4, -0.2) is 23.9 Å². The second-order valence-corrected chi connectivity index (χ2v) is 2.13. The van der Waals surface area contributed by atoms with E-state index in [1.807, 2.05) is 0 Å². The van der Waals surface area contributed by atoms with Gasteiger partial charge in [0.15, 0.2) is 0 Å². The van der Waals surface area contributed by atoms with Crippen molar-refractivity contribution in [2.45, 2.75) is 32.0 Å². The van der Waals surface area contributed by atoms with E-state index < -0.39 is 0 Å². The van der Waals surface area contributed by atoms with Crippen LogP contribution in [0.4, 0.5) is 0 Å². The second-order valence-electron chi connectivity index (χ2n) is 2.13. The van der Waals surface area contributed by atoms with Gasteiger partial charge in [-0.05, 0) is 12.8 Å². The van der Waals surface area contributed by atoms with Gasteiger partial charge in [0.1, 0.15) is 0 Å². The van der Waals surface area contributed by atoms with Gasteiger partial charge in [-0.2, -0.15) is 0 Å².